The standard InChI is InChI=1S/C15H12Cl2N2OS/c1-8-9(2)21-14-13(8)15(20)19(12(7-16)18-14)11-6-4-3-5-10(11)17/h3-6H,7H2,1-2H3. The SMILES string of the molecule is Cc1sc2nc(CCl)n(-c3ccccc3Cl)c(=O)c2c1C. The first kappa shape index (κ1) is 14.6. The molecule has 2 heterocycles. The van der Waals surface area contributed by atoms with E-state index in [9.17, 15) is 4.79 Å². The smallest absolute Gasteiger partial charge is 0.267 e. The number of hydrogen-bond acceptors (Lipinski definition) is 3. The molecule has 0 amide bonds. The number of hydrogen-bond donors (Lipinski definition) is 0. The fourth-order valence-electron chi connectivity index (χ4n) is 2.31. The van der Waals surface area contributed by atoms with Crippen molar-refractivity contribution in [1.82, 2.24) is 9.55 Å². The summed E-state index contributed by atoms with van der Waals surface area (Å²) in [6.45, 7) is 3.93. The summed E-state index contributed by atoms with van der Waals surface area (Å²) in [6, 6.07) is 7.20. The molecule has 21 heavy (non-hydrogen) atoms. The Bertz CT molecular complexity index is 899. The lowest BCUT2D eigenvalue weighted by molar-refractivity contribution is 0.883. The van der Waals surface area contributed by atoms with Crippen molar-refractivity contribution in [2.45, 2.75) is 19.7 Å². The van der Waals surface area contributed by atoms with Crippen molar-refractivity contribution >= 4 is 44.8 Å². The van der Waals surface area contributed by atoms with Gasteiger partial charge in [-0.05, 0) is 31.5 Å². The molecule has 6 heteroatoms. The number of para-hydroxylation sites is 1. The number of fused-ring (bicyclic) bond motifs is 1. The lowest BCUT2D eigenvalue weighted by atomic mass is 10.2. The summed E-state index contributed by atoms with van der Waals surface area (Å²) in [5.41, 5.74) is 1.46. The first-order valence-corrected chi connectivity index (χ1v) is 8.10. The Kier molecular flexibility index (Phi) is 3.78. The molecule has 0 saturated heterocycles. The average molecular weight is 339 g/mol. The van der Waals surface area contributed by atoms with Crippen LogP contribution in [0, 0.1) is 13.8 Å². The van der Waals surface area contributed by atoms with E-state index in [0.29, 0.717) is 21.9 Å². The van der Waals surface area contributed by atoms with Gasteiger partial charge in [0.1, 0.15) is 10.7 Å². The molecule has 0 aliphatic heterocycles. The molecule has 0 N–H and O–H groups in total. The second-order valence-electron chi connectivity index (χ2n) is 4.72. The lowest BCUT2D eigenvalue weighted by Crippen LogP contribution is -2.23. The van der Waals surface area contributed by atoms with E-state index in [0.717, 1.165) is 15.3 Å². The number of alkyl halides is 1. The van der Waals surface area contributed by atoms with Gasteiger partial charge in [0, 0.05) is 4.88 Å². The van der Waals surface area contributed by atoms with Gasteiger partial charge in [0.05, 0.1) is 22.0 Å². The van der Waals surface area contributed by atoms with E-state index < -0.39 is 0 Å². The molecule has 0 fully saturated rings. The van der Waals surface area contributed by atoms with Crippen LogP contribution in [-0.4, -0.2) is 9.55 Å². The third-order valence-corrected chi connectivity index (χ3v) is 5.15. The van der Waals surface area contributed by atoms with Gasteiger partial charge in [-0.25, -0.2) is 4.98 Å². The van der Waals surface area contributed by atoms with Gasteiger partial charge in [-0.15, -0.1) is 22.9 Å². The highest BCUT2D eigenvalue weighted by molar-refractivity contribution is 7.18. The van der Waals surface area contributed by atoms with Crippen LogP contribution < -0.4 is 5.56 Å². The minimum absolute atomic E-state index is 0.120. The van der Waals surface area contributed by atoms with Crippen molar-refractivity contribution in [3.8, 4) is 5.69 Å². The quantitative estimate of drug-likeness (QED) is 0.646. The van der Waals surface area contributed by atoms with E-state index in [1.54, 1.807) is 12.1 Å². The molecule has 108 valence electrons. The number of halogens is 2. The highest BCUT2D eigenvalue weighted by Crippen LogP contribution is 2.28. The number of benzene rings is 1. The fraction of sp³-hybridized carbons (Fsp3) is 0.200. The van der Waals surface area contributed by atoms with Crippen LogP contribution in [0.5, 0.6) is 0 Å². The zero-order valence-electron chi connectivity index (χ0n) is 11.5. The van der Waals surface area contributed by atoms with Gasteiger partial charge in [0.15, 0.2) is 0 Å². The highest BCUT2D eigenvalue weighted by atomic mass is 35.5. The number of aromatic nitrogens is 2. The Morgan fingerprint density at radius 3 is 2.67 bits per heavy atom. The van der Waals surface area contributed by atoms with Crippen molar-refractivity contribution in [2.75, 3.05) is 0 Å². The number of thiophene rings is 1. The van der Waals surface area contributed by atoms with E-state index in [-0.39, 0.29) is 11.4 Å². The molecule has 2 aromatic heterocycles. The summed E-state index contributed by atoms with van der Waals surface area (Å²) in [5, 5.41) is 1.14. The number of aryl methyl sites for hydroxylation is 2. The van der Waals surface area contributed by atoms with Crippen LogP contribution in [0.2, 0.25) is 5.02 Å². The monoisotopic (exact) mass is 338 g/mol. The zero-order chi connectivity index (χ0) is 15.1. The second-order valence-corrected chi connectivity index (χ2v) is 6.59. The van der Waals surface area contributed by atoms with Gasteiger partial charge in [0.2, 0.25) is 0 Å². The van der Waals surface area contributed by atoms with Crippen molar-refractivity contribution < 1.29 is 0 Å². The third kappa shape index (κ3) is 2.27. The molecule has 1 aromatic carbocycles. The van der Waals surface area contributed by atoms with Crippen molar-refractivity contribution in [1.29, 1.82) is 0 Å². The number of rotatable bonds is 2. The van der Waals surface area contributed by atoms with Crippen molar-refractivity contribution in [3.05, 3.63) is 55.9 Å². The van der Waals surface area contributed by atoms with Gasteiger partial charge in [-0.2, -0.15) is 0 Å². The van der Waals surface area contributed by atoms with E-state index in [4.69, 9.17) is 23.2 Å². The molecule has 3 aromatic rings. The molecular weight excluding hydrogens is 327 g/mol. The molecule has 0 spiro atoms. The summed E-state index contributed by atoms with van der Waals surface area (Å²) in [6.07, 6.45) is 0. The molecule has 0 aliphatic carbocycles. The van der Waals surface area contributed by atoms with Crippen LogP contribution in [0.3, 0.4) is 0 Å². The molecule has 0 atom stereocenters. The largest absolute Gasteiger partial charge is 0.268 e. The maximum atomic E-state index is 12.9. The minimum Gasteiger partial charge on any atom is -0.268 e. The zero-order valence-corrected chi connectivity index (χ0v) is 13.8. The Balaban J connectivity index is 2.47. The lowest BCUT2D eigenvalue weighted by Gasteiger charge is -2.12. The molecule has 3 rings (SSSR count). The minimum atomic E-state index is -0.120. The van der Waals surface area contributed by atoms with Gasteiger partial charge in [0.25, 0.3) is 5.56 Å². The fourth-order valence-corrected chi connectivity index (χ4v) is 3.75. The first-order valence-electron chi connectivity index (χ1n) is 6.37. The number of nitrogens with zero attached hydrogens (tertiary/aromatic N) is 2. The van der Waals surface area contributed by atoms with Crippen LogP contribution in [0.25, 0.3) is 15.9 Å². The van der Waals surface area contributed by atoms with E-state index in [1.807, 2.05) is 26.0 Å². The van der Waals surface area contributed by atoms with Gasteiger partial charge in [-0.3, -0.25) is 9.36 Å². The third-order valence-electron chi connectivity index (χ3n) is 3.49. The molecule has 0 radical (unpaired) electrons. The Morgan fingerprint density at radius 2 is 2.00 bits per heavy atom. The summed E-state index contributed by atoms with van der Waals surface area (Å²) in [7, 11) is 0. The highest BCUT2D eigenvalue weighted by Gasteiger charge is 2.18. The van der Waals surface area contributed by atoms with Crippen LogP contribution in [0.4, 0.5) is 0 Å². The van der Waals surface area contributed by atoms with Crippen molar-refractivity contribution in [3.63, 3.8) is 0 Å². The van der Waals surface area contributed by atoms with E-state index in [2.05, 4.69) is 4.98 Å². The predicted octanol–water partition coefficient (Wildman–Crippen LogP) is 4.46. The molecule has 3 nitrogen and oxygen atoms in total. The summed E-state index contributed by atoms with van der Waals surface area (Å²) < 4.78 is 1.51. The molecule has 0 aliphatic rings. The van der Waals surface area contributed by atoms with E-state index >= 15 is 0 Å². The molecular formula is C15H12Cl2N2OS. The predicted molar refractivity (Wildman–Crippen MR) is 89.3 cm³/mol. The second kappa shape index (κ2) is 5.44. The molecule has 0 unspecified atom stereocenters. The summed E-state index contributed by atoms with van der Waals surface area (Å²) in [4.78, 5) is 19.3. The topological polar surface area (TPSA) is 34.9 Å². The maximum absolute atomic E-state index is 12.9. The van der Waals surface area contributed by atoms with Crippen LogP contribution in [-0.2, 0) is 5.88 Å². The van der Waals surface area contributed by atoms with Gasteiger partial charge < -0.3 is 0 Å². The van der Waals surface area contributed by atoms with Gasteiger partial charge in [-0.1, -0.05) is 23.7 Å². The Morgan fingerprint density at radius 1 is 1.29 bits per heavy atom. The first-order chi connectivity index (χ1) is 10.0. The van der Waals surface area contributed by atoms with Crippen LogP contribution in [0.15, 0.2) is 29.1 Å². The average Bonchev–Trinajstić information content (AvgIpc) is 2.75. The maximum Gasteiger partial charge on any atom is 0.267 e. The normalized spacial score (nSPS) is 11.2. The van der Waals surface area contributed by atoms with Crippen LogP contribution in [0.1, 0.15) is 16.3 Å². The van der Waals surface area contributed by atoms with E-state index in [1.165, 1.54) is 15.9 Å². The van der Waals surface area contributed by atoms with Gasteiger partial charge >= 0.3 is 0 Å². The Labute approximate surface area is 135 Å². The summed E-state index contributed by atoms with van der Waals surface area (Å²) in [5.74, 6) is 0.648. The Hall–Kier alpha value is -1.36. The van der Waals surface area contributed by atoms with Crippen molar-refractivity contribution in [2.24, 2.45) is 0 Å². The molecule has 0 bridgehead atoms. The van der Waals surface area contributed by atoms with Crippen LogP contribution >= 0.6 is 34.5 Å². The molecule has 0 saturated carbocycles. The summed E-state index contributed by atoms with van der Waals surface area (Å²) >= 11 is 13.7.